The second kappa shape index (κ2) is 10.6. The van der Waals surface area contributed by atoms with E-state index in [0.717, 1.165) is 17.5 Å². The second-order valence-corrected chi connectivity index (χ2v) is 8.25. The Morgan fingerprint density at radius 1 is 1.11 bits per heavy atom. The van der Waals surface area contributed by atoms with Gasteiger partial charge in [0.2, 0.25) is 0 Å². The quantitative estimate of drug-likeness (QED) is 0.273. The lowest BCUT2D eigenvalue weighted by Crippen LogP contribution is -2.44. The highest BCUT2D eigenvalue weighted by Gasteiger charge is 2.31. The summed E-state index contributed by atoms with van der Waals surface area (Å²) in [7, 11) is 3.17. The van der Waals surface area contributed by atoms with Gasteiger partial charge in [0.25, 0.3) is 5.69 Å². The van der Waals surface area contributed by atoms with Crippen LogP contribution >= 0.6 is 12.2 Å². The van der Waals surface area contributed by atoms with Crippen molar-refractivity contribution in [3.8, 4) is 17.2 Å². The molecule has 0 spiro atoms. The highest BCUT2D eigenvalue weighted by Crippen LogP contribution is 2.38. The average Bonchev–Trinajstić information content (AvgIpc) is 2.87. The van der Waals surface area contributed by atoms with Crippen LogP contribution in [0.15, 0.2) is 60.7 Å². The predicted octanol–water partition coefficient (Wildman–Crippen LogP) is 5.13. The molecule has 1 unspecified atom stereocenters. The maximum atomic E-state index is 13.3. The van der Waals surface area contributed by atoms with Crippen LogP contribution in [0.5, 0.6) is 17.2 Å². The number of methoxy groups -OCH3 is 2. The Balaban J connectivity index is 1.62. The van der Waals surface area contributed by atoms with Gasteiger partial charge in [0, 0.05) is 24.4 Å². The van der Waals surface area contributed by atoms with E-state index in [1.807, 2.05) is 17.0 Å². The Hall–Kier alpha value is -3.92. The molecule has 0 saturated carbocycles. The van der Waals surface area contributed by atoms with Gasteiger partial charge in [-0.3, -0.25) is 10.1 Å². The normalized spacial score (nSPS) is 14.6. The Morgan fingerprint density at radius 2 is 1.77 bits per heavy atom. The van der Waals surface area contributed by atoms with Gasteiger partial charge in [-0.05, 0) is 78.3 Å². The highest BCUT2D eigenvalue weighted by atomic mass is 32.1. The molecule has 0 aliphatic carbocycles. The van der Waals surface area contributed by atoms with E-state index in [1.165, 1.54) is 24.3 Å². The summed E-state index contributed by atoms with van der Waals surface area (Å²) in [6.07, 6.45) is 0.717. The maximum absolute atomic E-state index is 13.3. The monoisotopic (exact) mass is 497 g/mol. The summed E-state index contributed by atoms with van der Waals surface area (Å²) in [4.78, 5) is 12.5. The van der Waals surface area contributed by atoms with Gasteiger partial charge in [0.1, 0.15) is 18.2 Å². The number of anilines is 1. The van der Waals surface area contributed by atoms with Gasteiger partial charge in [-0.2, -0.15) is 0 Å². The van der Waals surface area contributed by atoms with E-state index in [9.17, 15) is 14.5 Å². The van der Waals surface area contributed by atoms with Crippen LogP contribution in [0, 0.1) is 15.9 Å². The van der Waals surface area contributed by atoms with E-state index < -0.39 is 4.92 Å². The fourth-order valence-corrected chi connectivity index (χ4v) is 4.36. The Kier molecular flexibility index (Phi) is 7.31. The number of fused-ring (bicyclic) bond motifs is 1. The summed E-state index contributed by atoms with van der Waals surface area (Å²) < 4.78 is 30.3. The van der Waals surface area contributed by atoms with Crippen LogP contribution in [-0.2, 0) is 6.42 Å². The molecular formula is C25H24FN3O5S. The first-order chi connectivity index (χ1) is 16.9. The third kappa shape index (κ3) is 5.43. The molecule has 0 bridgehead atoms. The van der Waals surface area contributed by atoms with Gasteiger partial charge in [-0.25, -0.2) is 4.39 Å². The molecule has 4 rings (SSSR count). The summed E-state index contributed by atoms with van der Waals surface area (Å²) in [5.41, 5.74) is 2.72. The van der Waals surface area contributed by atoms with E-state index in [0.29, 0.717) is 34.6 Å². The largest absolute Gasteiger partial charge is 0.493 e. The maximum Gasteiger partial charge on any atom is 0.269 e. The summed E-state index contributed by atoms with van der Waals surface area (Å²) >= 11 is 5.72. The highest BCUT2D eigenvalue weighted by molar-refractivity contribution is 7.80. The smallest absolute Gasteiger partial charge is 0.269 e. The summed E-state index contributed by atoms with van der Waals surface area (Å²) in [5, 5.41) is 14.6. The number of halogens is 1. The summed E-state index contributed by atoms with van der Waals surface area (Å²) in [6, 6.07) is 15.5. The van der Waals surface area contributed by atoms with Crippen LogP contribution in [0.25, 0.3) is 0 Å². The third-order valence-corrected chi connectivity index (χ3v) is 6.15. The van der Waals surface area contributed by atoms with Gasteiger partial charge >= 0.3 is 0 Å². The molecule has 10 heteroatoms. The number of hydrogen-bond donors (Lipinski definition) is 1. The SMILES string of the molecule is COc1cc2c(cc1OC)C(COc1ccc([N+](=O)[O-])cc1)N(C(=S)Nc1ccc(F)cc1)CC2. The number of ether oxygens (including phenoxy) is 3. The molecule has 0 fully saturated rings. The minimum atomic E-state index is -0.456. The first-order valence-electron chi connectivity index (χ1n) is 10.8. The number of nitro benzene ring substituents is 1. The Bertz CT molecular complexity index is 1220. The van der Waals surface area contributed by atoms with Crippen molar-refractivity contribution in [3.63, 3.8) is 0 Å². The van der Waals surface area contributed by atoms with Crippen LogP contribution in [0.1, 0.15) is 17.2 Å². The van der Waals surface area contributed by atoms with Gasteiger partial charge in [0.05, 0.1) is 25.2 Å². The molecule has 3 aromatic carbocycles. The van der Waals surface area contributed by atoms with Crippen molar-refractivity contribution in [1.82, 2.24) is 4.90 Å². The van der Waals surface area contributed by atoms with Crippen LogP contribution in [0.2, 0.25) is 0 Å². The standard InChI is InChI=1S/C25H24FN3O5S/c1-32-23-13-16-11-12-28(25(35)27-18-5-3-17(26)4-6-18)22(21(16)14-24(23)33-2)15-34-20-9-7-19(8-10-20)29(30)31/h3-10,13-14,22H,11-12,15H2,1-2H3,(H,27,35). The van der Waals surface area contributed by atoms with E-state index >= 15 is 0 Å². The number of nitrogens with one attached hydrogen (secondary N) is 1. The lowest BCUT2D eigenvalue weighted by Gasteiger charge is -2.39. The first-order valence-corrected chi connectivity index (χ1v) is 11.3. The molecule has 0 radical (unpaired) electrons. The van der Waals surface area contributed by atoms with Crippen molar-refractivity contribution in [2.24, 2.45) is 0 Å². The molecule has 1 aliphatic rings. The average molecular weight is 498 g/mol. The Morgan fingerprint density at radius 3 is 2.40 bits per heavy atom. The molecule has 1 aliphatic heterocycles. The Labute approximate surface area is 207 Å². The molecule has 1 atom stereocenters. The molecule has 8 nitrogen and oxygen atoms in total. The first kappa shape index (κ1) is 24.2. The molecule has 182 valence electrons. The molecule has 1 heterocycles. The number of nitrogens with zero attached hydrogens (tertiary/aromatic N) is 2. The minimum absolute atomic E-state index is 0.0107. The topological polar surface area (TPSA) is 86.1 Å². The molecular weight excluding hydrogens is 473 g/mol. The lowest BCUT2D eigenvalue weighted by atomic mass is 9.92. The van der Waals surface area contributed by atoms with Crippen LogP contribution in [0.3, 0.4) is 0 Å². The third-order valence-electron chi connectivity index (χ3n) is 5.81. The molecule has 0 saturated heterocycles. The molecule has 0 amide bonds. The number of hydrogen-bond acceptors (Lipinski definition) is 6. The summed E-state index contributed by atoms with van der Waals surface area (Å²) in [6.45, 7) is 0.843. The van der Waals surface area contributed by atoms with Crippen molar-refractivity contribution in [2.45, 2.75) is 12.5 Å². The van der Waals surface area contributed by atoms with Crippen molar-refractivity contribution < 1.29 is 23.5 Å². The zero-order valence-corrected chi connectivity index (χ0v) is 20.0. The van der Waals surface area contributed by atoms with E-state index in [4.69, 9.17) is 26.4 Å². The predicted molar refractivity (Wildman–Crippen MR) is 134 cm³/mol. The zero-order valence-electron chi connectivity index (χ0n) is 19.2. The van der Waals surface area contributed by atoms with Gasteiger partial charge in [-0.15, -0.1) is 0 Å². The van der Waals surface area contributed by atoms with E-state index in [2.05, 4.69) is 5.32 Å². The number of rotatable bonds is 7. The molecule has 1 N–H and O–H groups in total. The van der Waals surface area contributed by atoms with Crippen molar-refractivity contribution >= 4 is 28.7 Å². The second-order valence-electron chi connectivity index (χ2n) is 7.86. The fraction of sp³-hybridized carbons (Fsp3) is 0.240. The van der Waals surface area contributed by atoms with Gasteiger partial charge < -0.3 is 24.4 Å². The fourth-order valence-electron chi connectivity index (χ4n) is 4.02. The van der Waals surface area contributed by atoms with Crippen molar-refractivity contribution in [2.75, 3.05) is 32.7 Å². The van der Waals surface area contributed by atoms with Crippen LogP contribution in [-0.4, -0.2) is 42.3 Å². The number of benzene rings is 3. The van der Waals surface area contributed by atoms with E-state index in [1.54, 1.807) is 38.5 Å². The van der Waals surface area contributed by atoms with Gasteiger partial charge in [0.15, 0.2) is 16.6 Å². The number of nitro groups is 1. The van der Waals surface area contributed by atoms with Crippen LogP contribution in [0.4, 0.5) is 15.8 Å². The van der Waals surface area contributed by atoms with Crippen LogP contribution < -0.4 is 19.5 Å². The number of non-ortho nitro benzene ring substituents is 1. The van der Waals surface area contributed by atoms with Gasteiger partial charge in [-0.1, -0.05) is 0 Å². The molecule has 0 aromatic heterocycles. The number of thiocarbonyl (C=S) groups is 1. The van der Waals surface area contributed by atoms with Crippen molar-refractivity contribution in [3.05, 3.63) is 87.7 Å². The van der Waals surface area contributed by atoms with Crippen molar-refractivity contribution in [1.29, 1.82) is 0 Å². The summed E-state index contributed by atoms with van der Waals surface area (Å²) in [5.74, 6) is 1.40. The zero-order chi connectivity index (χ0) is 24.9. The lowest BCUT2D eigenvalue weighted by molar-refractivity contribution is -0.384. The molecule has 3 aromatic rings. The molecule has 35 heavy (non-hydrogen) atoms. The minimum Gasteiger partial charge on any atom is -0.493 e. The van der Waals surface area contributed by atoms with E-state index in [-0.39, 0.29) is 24.2 Å².